The van der Waals surface area contributed by atoms with Gasteiger partial charge in [-0.2, -0.15) is 0 Å². The van der Waals surface area contributed by atoms with Crippen LogP contribution in [0.5, 0.6) is 0 Å². The molecule has 0 N–H and O–H groups in total. The molecule has 0 amide bonds. The van der Waals surface area contributed by atoms with Crippen molar-refractivity contribution in [2.75, 3.05) is 0 Å². The van der Waals surface area contributed by atoms with E-state index in [9.17, 15) is 0 Å². The van der Waals surface area contributed by atoms with Crippen LogP contribution in [0, 0.1) is 13.8 Å². The first-order valence-electron chi connectivity index (χ1n) is 5.40. The Kier molecular flexibility index (Phi) is 2.14. The Morgan fingerprint density at radius 2 is 1.73 bits per heavy atom. The normalized spacial score (nSPS) is 12.3. The van der Waals surface area contributed by atoms with Crippen LogP contribution < -0.4 is 0 Å². The van der Waals surface area contributed by atoms with Crippen molar-refractivity contribution >= 4 is 11.0 Å². The fraction of sp³-hybridized carbons (Fsp3) is 0.429. The van der Waals surface area contributed by atoms with Gasteiger partial charge in [0.05, 0.1) is 0 Å². The molecule has 80 valence electrons. The fourth-order valence-corrected chi connectivity index (χ4v) is 2.05. The average molecular weight is 202 g/mol. The van der Waals surface area contributed by atoms with Gasteiger partial charge in [0.15, 0.2) is 0 Å². The highest BCUT2D eigenvalue weighted by atomic mass is 16.3. The minimum atomic E-state index is 0.167. The number of furan rings is 1. The maximum atomic E-state index is 5.73. The van der Waals surface area contributed by atoms with Gasteiger partial charge in [0.1, 0.15) is 11.3 Å². The maximum absolute atomic E-state index is 5.73. The highest BCUT2D eigenvalue weighted by Gasteiger charge is 2.20. The van der Waals surface area contributed by atoms with Crippen molar-refractivity contribution in [1.29, 1.82) is 0 Å². The first-order valence-corrected chi connectivity index (χ1v) is 5.40. The molecule has 0 aliphatic rings. The van der Waals surface area contributed by atoms with Crippen LogP contribution in [-0.4, -0.2) is 0 Å². The van der Waals surface area contributed by atoms with Gasteiger partial charge in [-0.05, 0) is 36.5 Å². The van der Waals surface area contributed by atoms with Crippen LogP contribution in [0.4, 0.5) is 0 Å². The van der Waals surface area contributed by atoms with E-state index < -0.39 is 0 Å². The molecule has 0 bridgehead atoms. The van der Waals surface area contributed by atoms with E-state index in [1.54, 1.807) is 0 Å². The Bertz CT molecular complexity index is 498. The lowest BCUT2D eigenvalue weighted by Crippen LogP contribution is -2.11. The molecule has 2 aromatic rings. The van der Waals surface area contributed by atoms with Crippen LogP contribution in [0.15, 0.2) is 22.6 Å². The van der Waals surface area contributed by atoms with E-state index >= 15 is 0 Å². The Morgan fingerprint density at radius 3 is 2.33 bits per heavy atom. The van der Waals surface area contributed by atoms with E-state index in [0.29, 0.717) is 0 Å². The van der Waals surface area contributed by atoms with E-state index in [-0.39, 0.29) is 5.41 Å². The molecule has 0 saturated carbocycles. The zero-order valence-electron chi connectivity index (χ0n) is 10.1. The summed E-state index contributed by atoms with van der Waals surface area (Å²) in [7, 11) is 0. The summed E-state index contributed by atoms with van der Waals surface area (Å²) in [5, 5.41) is 1.29. The van der Waals surface area contributed by atoms with Crippen molar-refractivity contribution < 1.29 is 4.42 Å². The summed E-state index contributed by atoms with van der Waals surface area (Å²) in [6, 6.07) is 6.32. The van der Waals surface area contributed by atoms with E-state index in [1.807, 2.05) is 13.0 Å². The van der Waals surface area contributed by atoms with Gasteiger partial charge < -0.3 is 4.42 Å². The van der Waals surface area contributed by atoms with Gasteiger partial charge >= 0.3 is 0 Å². The molecule has 0 aliphatic heterocycles. The first kappa shape index (κ1) is 10.3. The Labute approximate surface area is 91.1 Å². The van der Waals surface area contributed by atoms with Crippen LogP contribution in [0.25, 0.3) is 11.0 Å². The third-order valence-corrected chi connectivity index (χ3v) is 3.00. The predicted molar refractivity (Wildman–Crippen MR) is 64.4 cm³/mol. The molecule has 0 radical (unpaired) electrons. The van der Waals surface area contributed by atoms with Crippen molar-refractivity contribution in [2.24, 2.45) is 0 Å². The lowest BCUT2D eigenvalue weighted by molar-refractivity contribution is 0.573. The zero-order chi connectivity index (χ0) is 11.2. The minimum absolute atomic E-state index is 0.167. The standard InChI is InChI=1S/C14H18O/c1-9-10(2)15-12-8-6-7-11(13(9)12)14(3,4)5/h6-8H,1-5H3. The number of hydrogen-bond donors (Lipinski definition) is 0. The van der Waals surface area contributed by atoms with Crippen molar-refractivity contribution in [3.8, 4) is 0 Å². The van der Waals surface area contributed by atoms with Gasteiger partial charge in [0.25, 0.3) is 0 Å². The molecule has 1 heteroatoms. The summed E-state index contributed by atoms with van der Waals surface area (Å²) in [5.41, 5.74) is 3.82. The van der Waals surface area contributed by atoms with Crippen molar-refractivity contribution in [2.45, 2.75) is 40.0 Å². The largest absolute Gasteiger partial charge is 0.461 e. The summed E-state index contributed by atoms with van der Waals surface area (Å²) in [6.45, 7) is 10.9. The number of aryl methyl sites for hydroxylation is 2. The molecule has 0 spiro atoms. The van der Waals surface area contributed by atoms with Crippen molar-refractivity contribution in [3.63, 3.8) is 0 Å². The van der Waals surface area contributed by atoms with Gasteiger partial charge in [-0.25, -0.2) is 0 Å². The minimum Gasteiger partial charge on any atom is -0.461 e. The summed E-state index contributed by atoms with van der Waals surface area (Å²) in [6.07, 6.45) is 0. The lowest BCUT2D eigenvalue weighted by Gasteiger charge is -2.20. The third-order valence-electron chi connectivity index (χ3n) is 3.00. The monoisotopic (exact) mass is 202 g/mol. The van der Waals surface area contributed by atoms with Crippen LogP contribution >= 0.6 is 0 Å². The summed E-state index contributed by atoms with van der Waals surface area (Å²) in [5.74, 6) is 1.03. The molecular weight excluding hydrogens is 184 g/mol. The molecule has 1 aromatic heterocycles. The van der Waals surface area contributed by atoms with E-state index in [0.717, 1.165) is 11.3 Å². The highest BCUT2D eigenvalue weighted by molar-refractivity contribution is 5.86. The first-order chi connectivity index (χ1) is 6.91. The highest BCUT2D eigenvalue weighted by Crippen LogP contribution is 2.34. The van der Waals surface area contributed by atoms with Gasteiger partial charge in [-0.3, -0.25) is 0 Å². The summed E-state index contributed by atoms with van der Waals surface area (Å²) in [4.78, 5) is 0. The Balaban J connectivity index is 2.86. The summed E-state index contributed by atoms with van der Waals surface area (Å²) >= 11 is 0. The Hall–Kier alpha value is -1.24. The molecule has 0 aliphatic carbocycles. The van der Waals surface area contributed by atoms with Gasteiger partial charge in [-0.15, -0.1) is 0 Å². The molecule has 0 fully saturated rings. The summed E-state index contributed by atoms with van der Waals surface area (Å²) < 4.78 is 5.73. The molecule has 0 atom stereocenters. The maximum Gasteiger partial charge on any atom is 0.134 e. The van der Waals surface area contributed by atoms with Crippen LogP contribution in [-0.2, 0) is 5.41 Å². The van der Waals surface area contributed by atoms with Crippen LogP contribution in [0.2, 0.25) is 0 Å². The zero-order valence-corrected chi connectivity index (χ0v) is 10.1. The predicted octanol–water partition coefficient (Wildman–Crippen LogP) is 4.35. The second-order valence-electron chi connectivity index (χ2n) is 5.21. The SMILES string of the molecule is Cc1oc2cccc(C(C)(C)C)c2c1C. The molecule has 15 heavy (non-hydrogen) atoms. The second kappa shape index (κ2) is 3.13. The average Bonchev–Trinajstić information content (AvgIpc) is 2.41. The number of benzene rings is 1. The smallest absolute Gasteiger partial charge is 0.134 e. The third kappa shape index (κ3) is 1.56. The quantitative estimate of drug-likeness (QED) is 0.619. The van der Waals surface area contributed by atoms with Gasteiger partial charge in [0, 0.05) is 5.39 Å². The molecule has 1 aromatic carbocycles. The van der Waals surface area contributed by atoms with Crippen LogP contribution in [0.3, 0.4) is 0 Å². The van der Waals surface area contributed by atoms with E-state index in [1.165, 1.54) is 16.5 Å². The van der Waals surface area contributed by atoms with E-state index in [2.05, 4.69) is 39.8 Å². The second-order valence-corrected chi connectivity index (χ2v) is 5.21. The molecule has 1 nitrogen and oxygen atoms in total. The fourth-order valence-electron chi connectivity index (χ4n) is 2.05. The number of hydrogen-bond acceptors (Lipinski definition) is 1. The Morgan fingerprint density at radius 1 is 1.07 bits per heavy atom. The molecule has 1 heterocycles. The molecule has 0 saturated heterocycles. The molecule has 2 rings (SSSR count). The van der Waals surface area contributed by atoms with Crippen molar-refractivity contribution in [3.05, 3.63) is 35.1 Å². The molecular formula is C14H18O. The van der Waals surface area contributed by atoms with Gasteiger partial charge in [-0.1, -0.05) is 32.9 Å². The van der Waals surface area contributed by atoms with Crippen LogP contribution in [0.1, 0.15) is 37.7 Å². The number of fused-ring (bicyclic) bond motifs is 1. The lowest BCUT2D eigenvalue weighted by atomic mass is 9.84. The number of rotatable bonds is 0. The molecule has 0 unspecified atom stereocenters. The van der Waals surface area contributed by atoms with Gasteiger partial charge in [0.2, 0.25) is 0 Å². The van der Waals surface area contributed by atoms with E-state index in [4.69, 9.17) is 4.42 Å². The topological polar surface area (TPSA) is 13.1 Å². The van der Waals surface area contributed by atoms with Crippen molar-refractivity contribution in [1.82, 2.24) is 0 Å².